The van der Waals surface area contributed by atoms with Crippen LogP contribution in [-0.4, -0.2) is 47.0 Å². The van der Waals surface area contributed by atoms with E-state index in [2.05, 4.69) is 37.1 Å². The van der Waals surface area contributed by atoms with Crippen LogP contribution in [0.1, 0.15) is 20.8 Å². The van der Waals surface area contributed by atoms with E-state index in [9.17, 15) is 4.79 Å². The summed E-state index contributed by atoms with van der Waals surface area (Å²) in [5, 5.41) is 0. The average Bonchev–Trinajstić information content (AvgIpc) is 2.25. The Morgan fingerprint density at radius 3 is 2.56 bits per heavy atom. The van der Waals surface area contributed by atoms with E-state index in [1.807, 2.05) is 0 Å². The molecule has 16 heavy (non-hydrogen) atoms. The Hall–Kier alpha value is -1.34. The zero-order valence-electron chi connectivity index (χ0n) is 10.2. The van der Waals surface area contributed by atoms with Gasteiger partial charge in [-0.15, -0.1) is 0 Å². The number of rotatable bonds is 1. The van der Waals surface area contributed by atoms with E-state index >= 15 is 0 Å². The number of nitrogens with zero attached hydrogens (tertiary/aromatic N) is 3. The maximum absolute atomic E-state index is 11.5. The molecule has 0 spiro atoms. The molecule has 1 aliphatic rings. The van der Waals surface area contributed by atoms with Crippen LogP contribution >= 0.6 is 0 Å². The second kappa shape index (κ2) is 4.67. The highest BCUT2D eigenvalue weighted by Crippen LogP contribution is 2.21. The first-order valence-corrected chi connectivity index (χ1v) is 5.45. The van der Waals surface area contributed by atoms with Crippen LogP contribution in [0.15, 0.2) is 12.7 Å². The first-order valence-electron chi connectivity index (χ1n) is 5.45. The number of amides is 1. The SMILES string of the molecule is [C-]#[N+][C@H]1CN(C(=O)C=C)CCN1C(C)(C)C. The van der Waals surface area contributed by atoms with Crippen LogP contribution < -0.4 is 0 Å². The highest BCUT2D eigenvalue weighted by molar-refractivity contribution is 5.87. The molecular weight excluding hydrogens is 202 g/mol. The minimum Gasteiger partial charge on any atom is -0.328 e. The molecule has 4 nitrogen and oxygen atoms in total. The molecule has 0 aliphatic carbocycles. The van der Waals surface area contributed by atoms with E-state index < -0.39 is 0 Å². The summed E-state index contributed by atoms with van der Waals surface area (Å²) in [5.41, 5.74) is -0.0292. The first kappa shape index (κ1) is 12.7. The summed E-state index contributed by atoms with van der Waals surface area (Å²) in [6, 6.07) is 0. The van der Waals surface area contributed by atoms with Crippen molar-refractivity contribution < 1.29 is 4.79 Å². The predicted octanol–water partition coefficient (Wildman–Crippen LogP) is 1.36. The molecule has 1 heterocycles. The van der Waals surface area contributed by atoms with Gasteiger partial charge in [-0.25, -0.2) is 11.5 Å². The Bertz CT molecular complexity index is 324. The molecule has 0 unspecified atom stereocenters. The van der Waals surface area contributed by atoms with Crippen LogP contribution in [0.3, 0.4) is 0 Å². The summed E-state index contributed by atoms with van der Waals surface area (Å²) in [5.74, 6) is -0.0813. The number of carbonyl (C=O) groups excluding carboxylic acids is 1. The number of piperazine rings is 1. The molecule has 1 fully saturated rings. The fraction of sp³-hybridized carbons (Fsp3) is 0.667. The number of carbonyl (C=O) groups is 1. The predicted molar refractivity (Wildman–Crippen MR) is 63.6 cm³/mol. The maximum Gasteiger partial charge on any atom is 0.297 e. The smallest absolute Gasteiger partial charge is 0.297 e. The summed E-state index contributed by atoms with van der Waals surface area (Å²) in [4.78, 5) is 18.9. The van der Waals surface area contributed by atoms with Gasteiger partial charge in [0.1, 0.15) is 6.54 Å². The molecule has 0 aromatic heterocycles. The van der Waals surface area contributed by atoms with Crippen LogP contribution in [-0.2, 0) is 4.79 Å². The van der Waals surface area contributed by atoms with Crippen molar-refractivity contribution in [1.29, 1.82) is 0 Å². The first-order chi connectivity index (χ1) is 7.40. The Labute approximate surface area is 97.3 Å². The van der Waals surface area contributed by atoms with Crippen molar-refractivity contribution in [2.45, 2.75) is 32.5 Å². The maximum atomic E-state index is 11.5. The van der Waals surface area contributed by atoms with E-state index in [0.29, 0.717) is 13.1 Å². The molecule has 0 radical (unpaired) electrons. The molecule has 88 valence electrons. The zero-order chi connectivity index (χ0) is 12.3. The largest absolute Gasteiger partial charge is 0.328 e. The topological polar surface area (TPSA) is 27.9 Å². The molecule has 0 bridgehead atoms. The third kappa shape index (κ3) is 2.61. The lowest BCUT2D eigenvalue weighted by molar-refractivity contribution is -0.129. The van der Waals surface area contributed by atoms with Crippen molar-refractivity contribution in [3.8, 4) is 0 Å². The van der Waals surface area contributed by atoms with Gasteiger partial charge in [-0.2, -0.15) is 0 Å². The standard InChI is InChI=1S/C12H19N3O/c1-6-11(16)14-7-8-15(12(2,3)4)10(9-14)13-5/h6,10H,1,7-9H2,2-4H3/t10-/m1/s1. The molecule has 0 aromatic rings. The fourth-order valence-electron chi connectivity index (χ4n) is 1.99. The summed E-state index contributed by atoms with van der Waals surface area (Å²) >= 11 is 0. The highest BCUT2D eigenvalue weighted by Gasteiger charge is 2.38. The van der Waals surface area contributed by atoms with E-state index in [0.717, 1.165) is 6.54 Å². The Balaban J connectivity index is 2.76. The van der Waals surface area contributed by atoms with Crippen molar-refractivity contribution in [2.24, 2.45) is 0 Å². The van der Waals surface area contributed by atoms with Gasteiger partial charge in [0.25, 0.3) is 6.17 Å². The van der Waals surface area contributed by atoms with Crippen LogP contribution in [0, 0.1) is 6.57 Å². The summed E-state index contributed by atoms with van der Waals surface area (Å²) in [7, 11) is 0. The van der Waals surface area contributed by atoms with Crippen molar-refractivity contribution in [3.63, 3.8) is 0 Å². The van der Waals surface area contributed by atoms with Crippen molar-refractivity contribution in [3.05, 3.63) is 24.1 Å². The summed E-state index contributed by atoms with van der Waals surface area (Å²) in [6.45, 7) is 18.9. The number of hydrogen-bond donors (Lipinski definition) is 0. The van der Waals surface area contributed by atoms with Crippen molar-refractivity contribution in [1.82, 2.24) is 9.80 Å². The molecule has 1 amide bonds. The van der Waals surface area contributed by atoms with Crippen LogP contribution in [0.5, 0.6) is 0 Å². The summed E-state index contributed by atoms with van der Waals surface area (Å²) < 4.78 is 0. The van der Waals surface area contributed by atoms with Crippen molar-refractivity contribution in [2.75, 3.05) is 19.6 Å². The van der Waals surface area contributed by atoms with Gasteiger partial charge in [0.15, 0.2) is 0 Å². The molecule has 1 saturated heterocycles. The Morgan fingerprint density at radius 2 is 2.12 bits per heavy atom. The highest BCUT2D eigenvalue weighted by atomic mass is 16.2. The van der Waals surface area contributed by atoms with Crippen LogP contribution in [0.4, 0.5) is 0 Å². The van der Waals surface area contributed by atoms with Gasteiger partial charge in [0, 0.05) is 18.6 Å². The van der Waals surface area contributed by atoms with E-state index in [1.165, 1.54) is 6.08 Å². The lowest BCUT2D eigenvalue weighted by Crippen LogP contribution is -2.58. The van der Waals surface area contributed by atoms with Gasteiger partial charge in [0.2, 0.25) is 5.91 Å². The summed E-state index contributed by atoms with van der Waals surface area (Å²) in [6.07, 6.45) is 1.07. The van der Waals surface area contributed by atoms with Gasteiger partial charge < -0.3 is 4.90 Å². The zero-order valence-corrected chi connectivity index (χ0v) is 10.2. The van der Waals surface area contributed by atoms with Crippen LogP contribution in [0.25, 0.3) is 4.85 Å². The van der Waals surface area contributed by atoms with Gasteiger partial charge in [-0.3, -0.25) is 9.64 Å². The molecule has 0 aromatic carbocycles. The second-order valence-electron chi connectivity index (χ2n) is 4.96. The third-order valence-electron chi connectivity index (χ3n) is 2.85. The number of hydrogen-bond acceptors (Lipinski definition) is 2. The normalized spacial score (nSPS) is 22.6. The van der Waals surface area contributed by atoms with Crippen molar-refractivity contribution >= 4 is 5.91 Å². The van der Waals surface area contributed by atoms with Gasteiger partial charge in [0.05, 0.1) is 0 Å². The Kier molecular flexibility index (Phi) is 3.71. The molecular formula is C12H19N3O. The molecule has 1 rings (SSSR count). The van der Waals surface area contributed by atoms with Crippen LogP contribution in [0.2, 0.25) is 0 Å². The molecule has 0 N–H and O–H groups in total. The quantitative estimate of drug-likeness (QED) is 0.494. The minimum absolute atomic E-state index is 0.0292. The average molecular weight is 221 g/mol. The monoisotopic (exact) mass is 221 g/mol. The lowest BCUT2D eigenvalue weighted by Gasteiger charge is -2.41. The molecule has 1 atom stereocenters. The van der Waals surface area contributed by atoms with Gasteiger partial charge in [-0.1, -0.05) is 6.58 Å². The molecule has 4 heteroatoms. The lowest BCUT2D eigenvalue weighted by atomic mass is 10.0. The van der Waals surface area contributed by atoms with Gasteiger partial charge in [-0.05, 0) is 26.8 Å². The fourth-order valence-corrected chi connectivity index (χ4v) is 1.99. The van der Waals surface area contributed by atoms with E-state index in [-0.39, 0.29) is 17.6 Å². The minimum atomic E-state index is -0.238. The molecule has 0 saturated carbocycles. The molecule has 1 aliphatic heterocycles. The second-order valence-corrected chi connectivity index (χ2v) is 4.96. The Morgan fingerprint density at radius 1 is 1.50 bits per heavy atom. The van der Waals surface area contributed by atoms with Gasteiger partial charge >= 0.3 is 0 Å². The third-order valence-corrected chi connectivity index (χ3v) is 2.85. The van der Waals surface area contributed by atoms with E-state index in [4.69, 9.17) is 6.57 Å². The van der Waals surface area contributed by atoms with E-state index in [1.54, 1.807) is 4.90 Å².